The van der Waals surface area contributed by atoms with Crippen molar-refractivity contribution in [3.63, 3.8) is 0 Å². The van der Waals surface area contributed by atoms with Gasteiger partial charge in [0.2, 0.25) is 0 Å². The monoisotopic (exact) mass is 1100 g/mol. The number of likely N-dealkylation sites (N-methyl/N-ethyl adjacent to an activating group) is 2. The maximum absolute atomic E-state index is 14.9. The first kappa shape index (κ1) is 63.2. The summed E-state index contributed by atoms with van der Waals surface area (Å²) in [6, 6.07) is 5.16. The van der Waals surface area contributed by atoms with Crippen molar-refractivity contribution < 1.29 is 76.7 Å². The zero-order valence-electron chi connectivity index (χ0n) is 47.9. The Morgan fingerprint density at radius 3 is 2.23 bits per heavy atom. The molecule has 6 rings (SSSR count). The number of aliphatic hydroxyl groups is 5. The van der Waals surface area contributed by atoms with Crippen molar-refractivity contribution in [2.45, 2.75) is 216 Å². The minimum absolute atomic E-state index is 0.0741. The van der Waals surface area contributed by atoms with Crippen LogP contribution in [-0.4, -0.2) is 210 Å². The van der Waals surface area contributed by atoms with Crippen molar-refractivity contribution in [2.24, 2.45) is 17.8 Å². The summed E-state index contributed by atoms with van der Waals surface area (Å²) in [5.74, 6) is -5.66. The first-order valence-corrected chi connectivity index (χ1v) is 27.6. The van der Waals surface area contributed by atoms with E-state index in [2.05, 4.69) is 11.0 Å². The molecule has 0 aliphatic carbocycles. The number of carbonyl (C=O) groups is 1. The molecule has 0 saturated carbocycles. The second-order valence-corrected chi connectivity index (χ2v) is 23.7. The van der Waals surface area contributed by atoms with E-state index in [4.69, 9.17) is 33.2 Å². The molecular formula is C55H93F3N6O13. The molecule has 20 atom stereocenters. The molecule has 0 spiro atoms. The van der Waals surface area contributed by atoms with E-state index in [1.165, 1.54) is 21.1 Å². The highest BCUT2D eigenvalue weighted by molar-refractivity contribution is 5.73. The molecule has 77 heavy (non-hydrogen) atoms. The molecule has 442 valence electrons. The Morgan fingerprint density at radius 2 is 1.64 bits per heavy atom. The Labute approximate surface area is 454 Å². The number of alkyl halides is 3. The van der Waals surface area contributed by atoms with E-state index in [0.717, 1.165) is 5.70 Å². The summed E-state index contributed by atoms with van der Waals surface area (Å²) in [6.07, 6.45) is -8.30. The molecule has 19 nitrogen and oxygen atoms in total. The van der Waals surface area contributed by atoms with E-state index >= 15 is 0 Å². The average Bonchev–Trinajstić information content (AvgIpc) is 4.01. The molecule has 5 heterocycles. The zero-order chi connectivity index (χ0) is 57.1. The van der Waals surface area contributed by atoms with Crippen LogP contribution in [0.3, 0.4) is 0 Å². The first-order valence-electron chi connectivity index (χ1n) is 27.6. The summed E-state index contributed by atoms with van der Waals surface area (Å²) in [4.78, 5) is 20.1. The molecule has 7 N–H and O–H groups in total. The van der Waals surface area contributed by atoms with Crippen LogP contribution in [0.15, 0.2) is 36.2 Å². The van der Waals surface area contributed by atoms with Gasteiger partial charge in [0.05, 0.1) is 48.1 Å². The smallest absolute Gasteiger partial charge is 0.311 e. The Kier molecular flexibility index (Phi) is 21.3. The van der Waals surface area contributed by atoms with Gasteiger partial charge < -0.3 is 78.8 Å². The average molecular weight is 1100 g/mol. The molecule has 0 amide bonds. The van der Waals surface area contributed by atoms with Gasteiger partial charge in [0.1, 0.15) is 48.8 Å². The Hall–Kier alpha value is -2.94. The van der Waals surface area contributed by atoms with Crippen molar-refractivity contribution >= 4 is 11.7 Å². The number of hydrogen-bond acceptors (Lipinski definition) is 19. The second-order valence-electron chi connectivity index (χ2n) is 23.7. The number of hydrogen-bond donors (Lipinski definition) is 7. The summed E-state index contributed by atoms with van der Waals surface area (Å²) in [5, 5.41) is 61.5. The quantitative estimate of drug-likeness (QED) is 0.114. The van der Waals surface area contributed by atoms with E-state index in [1.54, 1.807) is 88.8 Å². The molecule has 1 aromatic carbocycles. The number of cyclic esters (lactones) is 1. The number of ether oxygens (including phenoxy) is 7. The maximum atomic E-state index is 14.9. The van der Waals surface area contributed by atoms with Crippen LogP contribution in [0.1, 0.15) is 119 Å². The van der Waals surface area contributed by atoms with Crippen LogP contribution in [-0.2, 0) is 38.0 Å². The molecule has 4 fully saturated rings. The molecular weight excluding hydrogens is 1010 g/mol. The fourth-order valence-corrected chi connectivity index (χ4v) is 12.4. The fraction of sp³-hybridized carbons (Fsp3) is 0.836. The molecule has 0 radical (unpaired) electrons. The van der Waals surface area contributed by atoms with Gasteiger partial charge in [-0.1, -0.05) is 32.9 Å². The van der Waals surface area contributed by atoms with Crippen LogP contribution >= 0.6 is 0 Å². The lowest BCUT2D eigenvalue weighted by atomic mass is 9.77. The predicted molar refractivity (Wildman–Crippen MR) is 282 cm³/mol. The number of benzene rings is 1. The van der Waals surface area contributed by atoms with Gasteiger partial charge in [-0.2, -0.15) is 0 Å². The molecule has 22 heteroatoms. The van der Waals surface area contributed by atoms with Crippen LogP contribution in [0, 0.1) is 17.8 Å². The lowest BCUT2D eigenvalue weighted by Crippen LogP contribution is -2.61. The first-order chi connectivity index (χ1) is 36.0. The standard InChI is InChI=1S/C55H93F3N6O13/c1-15-42-54(10,70)47(66)35(6)62(12)28-31(2)25-52(8,69)49(33(4)45(34(5)50(68)75-42)76-43-26-53(9,72-14)48(67)36(7)74-43)77-51-44(65)40(24-32(3)73-51)61(11)22-20-38-29-64(60-59-38)41(27-56)46(71-13)37-16-18-39(19-17-37)63-23-21-55(57,58)30-63/h16-19,29,31-36,40-49,51,59-60,65-67,69-70H,15,20-28,30H2,1-14H3/t31-,32-,33+,34-,35-,36+,40+,41-,42-,43+,44-,45+,46-,47-,48+,49-,51+,52-,53-,54-/m1/s1. The number of aliphatic hydroxyl groups excluding tert-OH is 3. The van der Waals surface area contributed by atoms with Gasteiger partial charge >= 0.3 is 5.97 Å². The number of nitrogens with zero attached hydrogens (tertiary/aromatic N) is 4. The van der Waals surface area contributed by atoms with Crippen LogP contribution in [0.4, 0.5) is 18.9 Å². The summed E-state index contributed by atoms with van der Waals surface area (Å²) < 4.78 is 86.9. The normalized spacial score (nSPS) is 40.8. The lowest BCUT2D eigenvalue weighted by molar-refractivity contribution is -0.318. The Morgan fingerprint density at radius 1 is 0.961 bits per heavy atom. The maximum Gasteiger partial charge on any atom is 0.311 e. The molecule has 0 aromatic heterocycles. The summed E-state index contributed by atoms with van der Waals surface area (Å²) in [6.45, 7) is 17.3. The topological polar surface area (TPSA) is 220 Å². The van der Waals surface area contributed by atoms with E-state index in [-0.39, 0.29) is 44.7 Å². The van der Waals surface area contributed by atoms with Gasteiger partial charge in [0.15, 0.2) is 12.6 Å². The molecule has 5 aliphatic rings. The highest BCUT2D eigenvalue weighted by Crippen LogP contribution is 2.41. The number of nitrogens with one attached hydrogen (secondary N) is 2. The third-order valence-electron chi connectivity index (χ3n) is 17.4. The van der Waals surface area contributed by atoms with Gasteiger partial charge in [0.25, 0.3) is 5.92 Å². The molecule has 4 saturated heterocycles. The van der Waals surface area contributed by atoms with Crippen LogP contribution in [0.2, 0.25) is 0 Å². The van der Waals surface area contributed by atoms with E-state index in [0.29, 0.717) is 37.2 Å². The number of anilines is 1. The molecule has 1 aromatic rings. The largest absolute Gasteiger partial charge is 0.459 e. The van der Waals surface area contributed by atoms with Crippen molar-refractivity contribution in [2.75, 3.05) is 66.1 Å². The van der Waals surface area contributed by atoms with Crippen molar-refractivity contribution in [3.8, 4) is 0 Å². The zero-order valence-corrected chi connectivity index (χ0v) is 47.9. The number of methoxy groups -OCH3 is 2. The number of rotatable bonds is 16. The summed E-state index contributed by atoms with van der Waals surface area (Å²) in [7, 11) is 6.69. The number of carbonyl (C=O) groups excluding carboxylic acids is 1. The second kappa shape index (κ2) is 25.9. The van der Waals surface area contributed by atoms with Crippen molar-refractivity contribution in [3.05, 3.63) is 41.7 Å². The van der Waals surface area contributed by atoms with E-state index < -0.39 is 133 Å². The molecule has 0 bridgehead atoms. The third kappa shape index (κ3) is 14.6. The van der Waals surface area contributed by atoms with Gasteiger partial charge in [-0.05, 0) is 105 Å². The number of hydrazine groups is 2. The van der Waals surface area contributed by atoms with Gasteiger partial charge in [-0.25, -0.2) is 13.2 Å². The highest BCUT2D eigenvalue weighted by atomic mass is 19.3. The third-order valence-corrected chi connectivity index (χ3v) is 17.4. The summed E-state index contributed by atoms with van der Waals surface area (Å²) in [5.41, 5.74) is 3.65. The fourth-order valence-electron chi connectivity index (χ4n) is 12.4. The minimum Gasteiger partial charge on any atom is -0.459 e. The van der Waals surface area contributed by atoms with Crippen molar-refractivity contribution in [1.29, 1.82) is 0 Å². The number of esters is 1. The molecule has 0 unspecified atom stereocenters. The van der Waals surface area contributed by atoms with Gasteiger partial charge in [-0.3, -0.25) is 9.80 Å². The minimum atomic E-state index is -2.74. The van der Waals surface area contributed by atoms with Gasteiger partial charge in [-0.15, -0.1) is 5.53 Å². The van der Waals surface area contributed by atoms with E-state index in [1.807, 2.05) is 37.7 Å². The van der Waals surface area contributed by atoms with Crippen LogP contribution < -0.4 is 15.9 Å². The predicted octanol–water partition coefficient (Wildman–Crippen LogP) is 4.40. The number of halogens is 3. The molecule has 5 aliphatic heterocycles. The van der Waals surface area contributed by atoms with Crippen LogP contribution in [0.25, 0.3) is 0 Å². The van der Waals surface area contributed by atoms with Crippen LogP contribution in [0.5, 0.6) is 0 Å². The van der Waals surface area contributed by atoms with E-state index in [9.17, 15) is 43.5 Å². The highest BCUT2D eigenvalue weighted by Gasteiger charge is 2.53. The summed E-state index contributed by atoms with van der Waals surface area (Å²) >= 11 is 0. The Balaban J connectivity index is 1.23. The van der Waals surface area contributed by atoms with Crippen molar-refractivity contribution in [1.82, 2.24) is 25.8 Å². The SMILES string of the molecule is CC[C@H]1OC(=O)[C@H](C)[C@@H](O[C@H]2C[C@@](C)(OC)[C@@H](O)[C@H](C)O2)[C@H](C)[C@@H](O[C@@H]2O[C@H](C)C[C@H](N(C)CCC3=CN([C@H](CF)[C@H](OC)c4ccc(N5CCC(F)(F)C5)cc4)NN3)[C@H]2O)[C@](C)(O)C[C@@H](C)CN(C)[C@H](C)[C@@H](O)[C@]1(C)O. The lowest BCUT2D eigenvalue weighted by Gasteiger charge is -2.49. The van der Waals surface area contributed by atoms with Gasteiger partial charge in [0, 0.05) is 88.7 Å². The Bertz CT molecular complexity index is 2080.